The highest BCUT2D eigenvalue weighted by atomic mass is 35.5. The minimum absolute atomic E-state index is 0.205. The van der Waals surface area contributed by atoms with Gasteiger partial charge in [-0.05, 0) is 25.5 Å². The third-order valence-electron chi connectivity index (χ3n) is 4.40. The van der Waals surface area contributed by atoms with E-state index in [0.29, 0.717) is 24.1 Å². The van der Waals surface area contributed by atoms with Crippen LogP contribution in [0, 0.1) is 0 Å². The molecule has 0 bridgehead atoms. The van der Waals surface area contributed by atoms with Gasteiger partial charge in [-0.1, -0.05) is 36.7 Å². The quantitative estimate of drug-likeness (QED) is 0.659. The molecule has 1 aliphatic heterocycles. The predicted molar refractivity (Wildman–Crippen MR) is 103 cm³/mol. The fraction of sp³-hybridized carbons (Fsp3) is 0.300. The molecule has 0 saturated heterocycles. The van der Waals surface area contributed by atoms with E-state index in [1.165, 1.54) is 0 Å². The van der Waals surface area contributed by atoms with Crippen LogP contribution in [0.25, 0.3) is 16.8 Å². The van der Waals surface area contributed by atoms with Crippen molar-refractivity contribution < 1.29 is 9.47 Å². The summed E-state index contributed by atoms with van der Waals surface area (Å²) in [5.41, 5.74) is 3.39. The summed E-state index contributed by atoms with van der Waals surface area (Å²) < 4.78 is 13.4. The van der Waals surface area contributed by atoms with E-state index in [9.17, 15) is 0 Å². The number of pyridine rings is 1. The van der Waals surface area contributed by atoms with Crippen molar-refractivity contribution in [3.8, 4) is 16.9 Å². The molecule has 5 nitrogen and oxygen atoms in total. The summed E-state index contributed by atoms with van der Waals surface area (Å²) in [4.78, 5) is 9.38. The van der Waals surface area contributed by atoms with Crippen LogP contribution in [0.3, 0.4) is 0 Å². The number of aliphatic imine (C=N–C) groups is 1. The Bertz CT molecular complexity index is 980. The Hall–Kier alpha value is -2.53. The summed E-state index contributed by atoms with van der Waals surface area (Å²) in [5, 5.41) is 0.628. The Kier molecular flexibility index (Phi) is 4.55. The van der Waals surface area contributed by atoms with Crippen LogP contribution in [0.5, 0.6) is 5.75 Å². The number of aromatic nitrogens is 2. The third-order valence-corrected chi connectivity index (χ3v) is 4.60. The molecule has 0 saturated carbocycles. The number of hydrogen-bond acceptors (Lipinski definition) is 4. The second-order valence-electron chi connectivity index (χ2n) is 6.17. The summed E-state index contributed by atoms with van der Waals surface area (Å²) >= 11 is 6.37. The van der Waals surface area contributed by atoms with Crippen molar-refractivity contribution in [1.29, 1.82) is 0 Å². The second kappa shape index (κ2) is 7.00. The molecule has 1 aromatic carbocycles. The van der Waals surface area contributed by atoms with Crippen molar-refractivity contribution in [2.75, 3.05) is 13.2 Å². The van der Waals surface area contributed by atoms with E-state index in [0.717, 1.165) is 34.6 Å². The molecule has 1 aliphatic rings. The molecule has 4 rings (SSSR count). The van der Waals surface area contributed by atoms with Crippen molar-refractivity contribution >= 4 is 23.1 Å². The zero-order valence-corrected chi connectivity index (χ0v) is 15.5. The maximum Gasteiger partial charge on any atom is 0.237 e. The van der Waals surface area contributed by atoms with E-state index in [1.54, 1.807) is 0 Å². The van der Waals surface area contributed by atoms with Gasteiger partial charge in [0.1, 0.15) is 23.7 Å². The van der Waals surface area contributed by atoms with Crippen molar-refractivity contribution in [2.24, 2.45) is 4.99 Å². The summed E-state index contributed by atoms with van der Waals surface area (Å²) in [6.45, 7) is 5.28. The van der Waals surface area contributed by atoms with E-state index in [-0.39, 0.29) is 6.04 Å². The van der Waals surface area contributed by atoms with E-state index < -0.39 is 0 Å². The Balaban J connectivity index is 1.86. The maximum absolute atomic E-state index is 6.37. The molecule has 3 aromatic rings. The molecule has 0 amide bonds. The molecular weight excluding hydrogens is 350 g/mol. The molecule has 0 radical (unpaired) electrons. The van der Waals surface area contributed by atoms with E-state index in [2.05, 4.69) is 11.9 Å². The lowest BCUT2D eigenvalue weighted by Gasteiger charge is -2.11. The lowest BCUT2D eigenvalue weighted by molar-refractivity contribution is 0.314. The first-order chi connectivity index (χ1) is 12.7. The van der Waals surface area contributed by atoms with Crippen LogP contribution in [0.2, 0.25) is 5.02 Å². The Morgan fingerprint density at radius 1 is 1.23 bits per heavy atom. The highest BCUT2D eigenvalue weighted by Crippen LogP contribution is 2.34. The van der Waals surface area contributed by atoms with E-state index in [4.69, 9.17) is 26.1 Å². The van der Waals surface area contributed by atoms with Crippen molar-refractivity contribution in [3.63, 3.8) is 0 Å². The van der Waals surface area contributed by atoms with Crippen LogP contribution in [-0.4, -0.2) is 34.5 Å². The van der Waals surface area contributed by atoms with Gasteiger partial charge < -0.3 is 13.9 Å². The number of rotatable bonds is 5. The van der Waals surface area contributed by atoms with Crippen molar-refractivity contribution in [1.82, 2.24) is 9.38 Å². The van der Waals surface area contributed by atoms with Gasteiger partial charge in [-0.2, -0.15) is 0 Å². The summed E-state index contributed by atoms with van der Waals surface area (Å²) in [6, 6.07) is 10.0. The molecule has 3 heterocycles. The average molecular weight is 370 g/mol. The summed E-state index contributed by atoms with van der Waals surface area (Å²) in [5.74, 6) is 1.41. The minimum atomic E-state index is 0.205. The number of benzene rings is 1. The molecule has 1 unspecified atom stereocenters. The van der Waals surface area contributed by atoms with Crippen LogP contribution >= 0.6 is 11.6 Å². The van der Waals surface area contributed by atoms with E-state index >= 15 is 0 Å². The predicted octanol–water partition coefficient (Wildman–Crippen LogP) is 4.61. The van der Waals surface area contributed by atoms with Crippen LogP contribution < -0.4 is 4.74 Å². The van der Waals surface area contributed by atoms with Crippen molar-refractivity contribution in [2.45, 2.75) is 26.3 Å². The molecule has 0 fully saturated rings. The topological polar surface area (TPSA) is 48.1 Å². The maximum atomic E-state index is 6.37. The SMILES string of the molecule is CCOc1ccccc1-c1cc(Cl)cn2cc(C3=NC(CC)CO3)nc12. The molecule has 6 heteroatoms. The monoisotopic (exact) mass is 369 g/mol. The zero-order chi connectivity index (χ0) is 18.1. The third kappa shape index (κ3) is 3.03. The number of fused-ring (bicyclic) bond motifs is 1. The van der Waals surface area contributed by atoms with Gasteiger partial charge in [0.2, 0.25) is 5.90 Å². The van der Waals surface area contributed by atoms with Crippen LogP contribution in [0.4, 0.5) is 0 Å². The van der Waals surface area contributed by atoms with Gasteiger partial charge in [-0.15, -0.1) is 0 Å². The van der Waals surface area contributed by atoms with Crippen LogP contribution in [0.1, 0.15) is 26.0 Å². The number of hydrogen-bond donors (Lipinski definition) is 0. The highest BCUT2D eigenvalue weighted by Gasteiger charge is 2.22. The fourth-order valence-corrected chi connectivity index (χ4v) is 3.31. The molecular formula is C20H20ClN3O2. The average Bonchev–Trinajstić information content (AvgIpc) is 3.28. The smallest absolute Gasteiger partial charge is 0.237 e. The van der Waals surface area contributed by atoms with E-state index in [1.807, 2.05) is 54.0 Å². The first-order valence-electron chi connectivity index (χ1n) is 8.81. The molecule has 0 N–H and O–H groups in total. The molecule has 134 valence electrons. The highest BCUT2D eigenvalue weighted by molar-refractivity contribution is 6.31. The fourth-order valence-electron chi connectivity index (χ4n) is 3.10. The number of nitrogens with zero attached hydrogens (tertiary/aromatic N) is 3. The molecule has 0 spiro atoms. The number of ether oxygens (including phenoxy) is 2. The van der Waals surface area contributed by atoms with Gasteiger partial charge >= 0.3 is 0 Å². The second-order valence-corrected chi connectivity index (χ2v) is 6.60. The standard InChI is InChI=1S/C20H20ClN3O2/c1-3-14-12-26-20(22-14)17-11-24-10-13(21)9-16(19(24)23-17)15-7-5-6-8-18(15)25-4-2/h5-11,14H,3-4,12H2,1-2H3. The molecule has 1 atom stereocenters. The van der Waals surface area contributed by atoms with Gasteiger partial charge in [-0.25, -0.2) is 9.98 Å². The number of halogens is 1. The molecule has 26 heavy (non-hydrogen) atoms. The van der Waals surface area contributed by atoms with Gasteiger partial charge in [0, 0.05) is 23.5 Å². The van der Waals surface area contributed by atoms with Gasteiger partial charge in [0.15, 0.2) is 0 Å². The lowest BCUT2D eigenvalue weighted by atomic mass is 10.1. The zero-order valence-electron chi connectivity index (χ0n) is 14.8. The van der Waals surface area contributed by atoms with Gasteiger partial charge in [0.25, 0.3) is 0 Å². The number of imidazole rings is 1. The largest absolute Gasteiger partial charge is 0.493 e. The summed E-state index contributed by atoms with van der Waals surface area (Å²) in [6.07, 6.45) is 4.70. The first-order valence-corrected chi connectivity index (χ1v) is 9.18. The Morgan fingerprint density at radius 3 is 2.85 bits per heavy atom. The molecule has 2 aromatic heterocycles. The molecule has 0 aliphatic carbocycles. The van der Waals surface area contributed by atoms with Gasteiger partial charge in [0.05, 0.1) is 17.7 Å². The van der Waals surface area contributed by atoms with Crippen LogP contribution in [0.15, 0.2) is 47.7 Å². The van der Waals surface area contributed by atoms with Gasteiger partial charge in [-0.3, -0.25) is 0 Å². The number of para-hydroxylation sites is 1. The Labute approximate surface area is 157 Å². The van der Waals surface area contributed by atoms with Crippen LogP contribution in [-0.2, 0) is 4.74 Å². The first kappa shape index (κ1) is 16.9. The normalized spacial score (nSPS) is 16.6. The Morgan fingerprint density at radius 2 is 2.08 bits per heavy atom. The summed E-state index contributed by atoms with van der Waals surface area (Å²) in [7, 11) is 0. The van der Waals surface area contributed by atoms with Crippen molar-refractivity contribution in [3.05, 3.63) is 53.4 Å². The lowest BCUT2D eigenvalue weighted by Crippen LogP contribution is -2.04. The minimum Gasteiger partial charge on any atom is -0.493 e.